The molecule has 1 atom stereocenters. The number of nitrogens with two attached hydrogens (primary N) is 1. The van der Waals surface area contributed by atoms with Crippen molar-refractivity contribution in [1.82, 2.24) is 5.32 Å². The van der Waals surface area contributed by atoms with Crippen molar-refractivity contribution in [2.45, 2.75) is 12.5 Å². The van der Waals surface area contributed by atoms with E-state index in [0.717, 1.165) is 23.5 Å². The third-order valence-corrected chi connectivity index (χ3v) is 3.86. The van der Waals surface area contributed by atoms with Crippen molar-refractivity contribution in [1.29, 1.82) is 0 Å². The quantitative estimate of drug-likeness (QED) is 0.656. The van der Waals surface area contributed by atoms with E-state index in [2.05, 4.69) is 10.3 Å². The molecule has 0 bridgehead atoms. The van der Waals surface area contributed by atoms with Gasteiger partial charge in [-0.05, 0) is 30.2 Å². The molecule has 0 aliphatic carbocycles. The molecule has 3 N–H and O–H groups in total. The van der Waals surface area contributed by atoms with E-state index >= 15 is 0 Å². The highest BCUT2D eigenvalue weighted by atomic mass is 16.5. The van der Waals surface area contributed by atoms with Gasteiger partial charge < -0.3 is 20.5 Å². The molecule has 0 saturated carbocycles. The maximum absolute atomic E-state index is 5.98. The molecule has 0 amide bonds. The molecular weight excluding hydrogens is 290 g/mol. The van der Waals surface area contributed by atoms with Crippen LogP contribution in [-0.4, -0.2) is 26.2 Å². The van der Waals surface area contributed by atoms with Gasteiger partial charge in [-0.1, -0.05) is 30.3 Å². The van der Waals surface area contributed by atoms with E-state index in [1.54, 1.807) is 7.11 Å². The van der Waals surface area contributed by atoms with Gasteiger partial charge in [0, 0.05) is 12.1 Å². The van der Waals surface area contributed by atoms with Crippen molar-refractivity contribution in [3.05, 3.63) is 59.7 Å². The number of ether oxygens (including phenoxy) is 2. The normalized spacial score (nSPS) is 16.6. The van der Waals surface area contributed by atoms with Crippen LogP contribution in [0, 0.1) is 0 Å². The Kier molecular flexibility index (Phi) is 4.66. The fraction of sp³-hybridized carbons (Fsp3) is 0.278. The minimum absolute atomic E-state index is 0.0657. The summed E-state index contributed by atoms with van der Waals surface area (Å²) in [6.07, 6.45) is 0.837. The molecule has 1 heterocycles. The second-order valence-electron chi connectivity index (χ2n) is 5.41. The number of benzene rings is 2. The first-order valence-electron chi connectivity index (χ1n) is 7.67. The summed E-state index contributed by atoms with van der Waals surface area (Å²) in [6.45, 7) is 1.22. The lowest BCUT2D eigenvalue weighted by molar-refractivity contribution is 0.324. The van der Waals surface area contributed by atoms with Crippen molar-refractivity contribution < 1.29 is 9.47 Å². The lowest BCUT2D eigenvalue weighted by Crippen LogP contribution is -2.36. The van der Waals surface area contributed by atoms with E-state index in [-0.39, 0.29) is 6.04 Å². The molecular formula is C18H21N3O2. The lowest BCUT2D eigenvalue weighted by atomic mass is 10.1. The summed E-state index contributed by atoms with van der Waals surface area (Å²) in [5.41, 5.74) is 8.31. The number of para-hydroxylation sites is 1. The number of rotatable bonds is 5. The van der Waals surface area contributed by atoms with Crippen LogP contribution in [0.3, 0.4) is 0 Å². The smallest absolute Gasteiger partial charge is 0.189 e. The summed E-state index contributed by atoms with van der Waals surface area (Å²) in [7, 11) is 1.66. The van der Waals surface area contributed by atoms with Crippen molar-refractivity contribution in [3.8, 4) is 11.5 Å². The number of guanidine groups is 1. The summed E-state index contributed by atoms with van der Waals surface area (Å²) in [4.78, 5) is 4.39. The molecule has 0 spiro atoms. The standard InChI is InChI=1S/C18H21N3O2/c1-22-14-8-6-13(7-9-14)10-11-20-18(19)21-16-12-23-17-5-3-2-4-15(16)17/h2-9,16H,10-12H2,1H3,(H3,19,20,21). The van der Waals surface area contributed by atoms with E-state index in [1.165, 1.54) is 5.56 Å². The van der Waals surface area contributed by atoms with Crippen LogP contribution in [0.5, 0.6) is 11.5 Å². The van der Waals surface area contributed by atoms with E-state index in [9.17, 15) is 0 Å². The van der Waals surface area contributed by atoms with Gasteiger partial charge in [-0.15, -0.1) is 0 Å². The predicted molar refractivity (Wildman–Crippen MR) is 91.0 cm³/mol. The van der Waals surface area contributed by atoms with Gasteiger partial charge in [-0.2, -0.15) is 0 Å². The maximum atomic E-state index is 5.98. The highest BCUT2D eigenvalue weighted by Crippen LogP contribution is 2.31. The second kappa shape index (κ2) is 7.05. The minimum atomic E-state index is 0.0657. The summed E-state index contributed by atoms with van der Waals surface area (Å²) in [6, 6.07) is 16.0. The summed E-state index contributed by atoms with van der Waals surface area (Å²) in [5, 5.41) is 3.22. The van der Waals surface area contributed by atoms with Gasteiger partial charge in [0.2, 0.25) is 0 Å². The van der Waals surface area contributed by atoms with Crippen LogP contribution in [0.1, 0.15) is 17.2 Å². The van der Waals surface area contributed by atoms with Gasteiger partial charge in [-0.25, -0.2) is 0 Å². The van der Waals surface area contributed by atoms with Crippen LogP contribution in [0.25, 0.3) is 0 Å². The van der Waals surface area contributed by atoms with Gasteiger partial charge in [0.25, 0.3) is 0 Å². The van der Waals surface area contributed by atoms with Gasteiger partial charge in [0.1, 0.15) is 18.1 Å². The zero-order chi connectivity index (χ0) is 16.1. The minimum Gasteiger partial charge on any atom is -0.497 e. The Morgan fingerprint density at radius 3 is 2.83 bits per heavy atom. The van der Waals surface area contributed by atoms with Gasteiger partial charge in [-0.3, -0.25) is 4.99 Å². The van der Waals surface area contributed by atoms with Crippen molar-refractivity contribution in [2.24, 2.45) is 10.7 Å². The van der Waals surface area contributed by atoms with Crippen LogP contribution < -0.4 is 20.5 Å². The zero-order valence-electron chi connectivity index (χ0n) is 13.2. The number of aliphatic imine (C=N–C) groups is 1. The average Bonchev–Trinajstić information content (AvgIpc) is 2.99. The Morgan fingerprint density at radius 2 is 2.04 bits per heavy atom. The highest BCUT2D eigenvalue weighted by molar-refractivity contribution is 5.78. The van der Waals surface area contributed by atoms with E-state index in [1.807, 2.05) is 48.5 Å². The SMILES string of the molecule is COc1ccc(CCN=C(N)NC2COc3ccccc32)cc1. The lowest BCUT2D eigenvalue weighted by Gasteiger charge is -2.12. The molecule has 5 nitrogen and oxygen atoms in total. The first-order valence-corrected chi connectivity index (χ1v) is 7.67. The summed E-state index contributed by atoms with van der Waals surface area (Å²) >= 11 is 0. The molecule has 2 aromatic rings. The zero-order valence-corrected chi connectivity index (χ0v) is 13.2. The Balaban J connectivity index is 1.52. The third-order valence-electron chi connectivity index (χ3n) is 3.86. The highest BCUT2D eigenvalue weighted by Gasteiger charge is 2.23. The predicted octanol–water partition coefficient (Wildman–Crippen LogP) is 2.28. The molecule has 0 aromatic heterocycles. The van der Waals surface area contributed by atoms with Crippen LogP contribution in [-0.2, 0) is 6.42 Å². The first-order chi connectivity index (χ1) is 11.3. The number of nitrogens with one attached hydrogen (secondary N) is 1. The summed E-state index contributed by atoms with van der Waals surface area (Å²) < 4.78 is 10.8. The first kappa shape index (κ1) is 15.2. The fourth-order valence-corrected chi connectivity index (χ4v) is 2.60. The second-order valence-corrected chi connectivity index (χ2v) is 5.41. The van der Waals surface area contributed by atoms with Gasteiger partial charge >= 0.3 is 0 Å². The topological polar surface area (TPSA) is 68.9 Å². The van der Waals surface area contributed by atoms with Crippen molar-refractivity contribution >= 4 is 5.96 Å². The monoisotopic (exact) mass is 311 g/mol. The Labute approximate surface area is 136 Å². The van der Waals surface area contributed by atoms with Crippen molar-refractivity contribution in [2.75, 3.05) is 20.3 Å². The van der Waals surface area contributed by atoms with Gasteiger partial charge in [0.05, 0.1) is 13.2 Å². The van der Waals surface area contributed by atoms with E-state index in [4.69, 9.17) is 15.2 Å². The average molecular weight is 311 g/mol. The largest absolute Gasteiger partial charge is 0.497 e. The maximum Gasteiger partial charge on any atom is 0.189 e. The van der Waals surface area contributed by atoms with Gasteiger partial charge in [0.15, 0.2) is 5.96 Å². The molecule has 0 saturated heterocycles. The Morgan fingerprint density at radius 1 is 1.26 bits per heavy atom. The molecule has 2 aromatic carbocycles. The van der Waals surface area contributed by atoms with Crippen molar-refractivity contribution in [3.63, 3.8) is 0 Å². The van der Waals surface area contributed by atoms with Crippen LogP contribution in [0.15, 0.2) is 53.5 Å². The molecule has 5 heteroatoms. The molecule has 3 rings (SSSR count). The molecule has 0 fully saturated rings. The van der Waals surface area contributed by atoms with Crippen LogP contribution in [0.4, 0.5) is 0 Å². The Bertz CT molecular complexity index is 683. The number of nitrogens with zero attached hydrogens (tertiary/aromatic N) is 1. The van der Waals surface area contributed by atoms with Crippen LogP contribution in [0.2, 0.25) is 0 Å². The molecule has 1 unspecified atom stereocenters. The molecule has 1 aliphatic heterocycles. The molecule has 0 radical (unpaired) electrons. The fourth-order valence-electron chi connectivity index (χ4n) is 2.60. The summed E-state index contributed by atoms with van der Waals surface area (Å²) in [5.74, 6) is 2.22. The van der Waals surface area contributed by atoms with E-state index in [0.29, 0.717) is 19.1 Å². The number of methoxy groups -OCH3 is 1. The third kappa shape index (κ3) is 3.74. The number of hydrogen-bond donors (Lipinski definition) is 2. The number of fused-ring (bicyclic) bond motifs is 1. The molecule has 120 valence electrons. The molecule has 1 aliphatic rings. The van der Waals surface area contributed by atoms with Crippen LogP contribution >= 0.6 is 0 Å². The Hall–Kier alpha value is -2.69. The van der Waals surface area contributed by atoms with E-state index < -0.39 is 0 Å². The molecule has 23 heavy (non-hydrogen) atoms. The number of hydrogen-bond acceptors (Lipinski definition) is 3.